The molecule has 0 aromatic rings. The molecule has 0 saturated carbocycles. The average Bonchev–Trinajstić information content (AvgIpc) is 2.47. The van der Waals surface area contributed by atoms with Gasteiger partial charge in [0.1, 0.15) is 5.76 Å². The van der Waals surface area contributed by atoms with Crippen LogP contribution in [-0.4, -0.2) is 6.61 Å². The first-order valence-corrected chi connectivity index (χ1v) is 5.13. The minimum atomic E-state index is 0.310. The molecular formula is C12H18O. The van der Waals surface area contributed by atoms with Crippen molar-refractivity contribution in [3.8, 4) is 0 Å². The average molecular weight is 178 g/mol. The Morgan fingerprint density at radius 2 is 1.92 bits per heavy atom. The summed E-state index contributed by atoms with van der Waals surface area (Å²) in [5, 5.41) is 0. The van der Waals surface area contributed by atoms with Crippen molar-refractivity contribution in [3.05, 3.63) is 23.0 Å². The monoisotopic (exact) mass is 178 g/mol. The largest absolute Gasteiger partial charge is 0.493 e. The van der Waals surface area contributed by atoms with Crippen LogP contribution in [0.5, 0.6) is 0 Å². The van der Waals surface area contributed by atoms with Crippen molar-refractivity contribution in [2.24, 2.45) is 5.41 Å². The molecule has 0 spiro atoms. The van der Waals surface area contributed by atoms with Crippen LogP contribution >= 0.6 is 0 Å². The molecule has 1 aliphatic heterocycles. The molecule has 0 N–H and O–H groups in total. The first kappa shape index (κ1) is 8.86. The van der Waals surface area contributed by atoms with Crippen molar-refractivity contribution in [2.75, 3.05) is 6.61 Å². The molecule has 13 heavy (non-hydrogen) atoms. The standard InChI is InChI=1S/C12H18O/c1-12(2,3)10-5-4-9-6-7-13-11(9)8-10/h8H,4-7H2,1-3H3. The molecule has 1 nitrogen and oxygen atoms in total. The lowest BCUT2D eigenvalue weighted by Gasteiger charge is -2.26. The molecule has 0 unspecified atom stereocenters. The van der Waals surface area contributed by atoms with Crippen LogP contribution in [0.15, 0.2) is 23.0 Å². The Bertz CT molecular complexity index is 276. The summed E-state index contributed by atoms with van der Waals surface area (Å²) in [5.41, 5.74) is 3.38. The molecule has 2 aliphatic rings. The van der Waals surface area contributed by atoms with Gasteiger partial charge in [-0.05, 0) is 29.9 Å². The van der Waals surface area contributed by atoms with Gasteiger partial charge in [-0.2, -0.15) is 0 Å². The molecule has 0 atom stereocenters. The molecular weight excluding hydrogens is 160 g/mol. The Morgan fingerprint density at radius 3 is 2.62 bits per heavy atom. The summed E-state index contributed by atoms with van der Waals surface area (Å²) in [4.78, 5) is 0. The summed E-state index contributed by atoms with van der Waals surface area (Å²) in [6.07, 6.45) is 5.87. The predicted octanol–water partition coefficient (Wildman–Crippen LogP) is 3.43. The SMILES string of the molecule is CC(C)(C)C1=CC2=C(CCO2)CC1. The normalized spacial score (nSPS) is 22.5. The van der Waals surface area contributed by atoms with Crippen molar-refractivity contribution < 1.29 is 4.74 Å². The highest BCUT2D eigenvalue weighted by atomic mass is 16.5. The summed E-state index contributed by atoms with van der Waals surface area (Å²) < 4.78 is 5.59. The molecule has 1 heterocycles. The number of hydrogen-bond acceptors (Lipinski definition) is 1. The van der Waals surface area contributed by atoms with Crippen LogP contribution in [-0.2, 0) is 4.74 Å². The Kier molecular flexibility index (Phi) is 1.98. The molecule has 0 aromatic heterocycles. The highest BCUT2D eigenvalue weighted by molar-refractivity contribution is 5.33. The van der Waals surface area contributed by atoms with Gasteiger partial charge in [-0.3, -0.25) is 0 Å². The number of rotatable bonds is 0. The Labute approximate surface area is 80.5 Å². The summed E-state index contributed by atoms with van der Waals surface area (Å²) in [5.74, 6) is 1.18. The van der Waals surface area contributed by atoms with Crippen LogP contribution in [0, 0.1) is 5.41 Å². The van der Waals surface area contributed by atoms with Crippen LogP contribution in [0.3, 0.4) is 0 Å². The second-order valence-electron chi connectivity index (χ2n) is 4.99. The molecule has 0 aromatic carbocycles. The highest BCUT2D eigenvalue weighted by Gasteiger charge is 2.25. The molecule has 0 bridgehead atoms. The van der Waals surface area contributed by atoms with E-state index < -0.39 is 0 Å². The first-order valence-electron chi connectivity index (χ1n) is 5.13. The fourth-order valence-electron chi connectivity index (χ4n) is 2.01. The maximum Gasteiger partial charge on any atom is 0.118 e. The van der Waals surface area contributed by atoms with Crippen molar-refractivity contribution in [1.29, 1.82) is 0 Å². The fraction of sp³-hybridized carbons (Fsp3) is 0.667. The zero-order valence-corrected chi connectivity index (χ0v) is 8.81. The Balaban J connectivity index is 2.25. The molecule has 0 saturated heterocycles. The third kappa shape index (κ3) is 1.65. The van der Waals surface area contributed by atoms with Gasteiger partial charge in [0.25, 0.3) is 0 Å². The van der Waals surface area contributed by atoms with Gasteiger partial charge in [0.2, 0.25) is 0 Å². The summed E-state index contributed by atoms with van der Waals surface area (Å²) in [6.45, 7) is 7.73. The number of ether oxygens (including phenoxy) is 1. The minimum Gasteiger partial charge on any atom is -0.493 e. The quantitative estimate of drug-likeness (QED) is 0.552. The van der Waals surface area contributed by atoms with Gasteiger partial charge in [-0.15, -0.1) is 0 Å². The molecule has 0 amide bonds. The van der Waals surface area contributed by atoms with Gasteiger partial charge in [-0.1, -0.05) is 26.3 Å². The van der Waals surface area contributed by atoms with E-state index in [0.717, 1.165) is 13.0 Å². The number of allylic oxidation sites excluding steroid dienone is 2. The first-order chi connectivity index (χ1) is 6.07. The fourth-order valence-corrected chi connectivity index (χ4v) is 2.01. The summed E-state index contributed by atoms with van der Waals surface area (Å²) in [7, 11) is 0. The zero-order valence-electron chi connectivity index (χ0n) is 8.81. The maximum absolute atomic E-state index is 5.59. The van der Waals surface area contributed by atoms with Gasteiger partial charge >= 0.3 is 0 Å². The molecule has 0 radical (unpaired) electrons. The van der Waals surface area contributed by atoms with E-state index in [1.54, 1.807) is 0 Å². The number of hydrogen-bond donors (Lipinski definition) is 0. The summed E-state index contributed by atoms with van der Waals surface area (Å²) >= 11 is 0. The van der Waals surface area contributed by atoms with Crippen molar-refractivity contribution in [3.63, 3.8) is 0 Å². The van der Waals surface area contributed by atoms with Crippen LogP contribution in [0.4, 0.5) is 0 Å². The molecule has 1 heteroatoms. The molecule has 1 aliphatic carbocycles. The molecule has 0 fully saturated rings. The maximum atomic E-state index is 5.59. The lowest BCUT2D eigenvalue weighted by atomic mass is 9.80. The van der Waals surface area contributed by atoms with E-state index in [4.69, 9.17) is 4.74 Å². The third-order valence-electron chi connectivity index (χ3n) is 2.97. The lowest BCUT2D eigenvalue weighted by Crippen LogP contribution is -2.12. The Morgan fingerprint density at radius 1 is 1.15 bits per heavy atom. The minimum absolute atomic E-state index is 0.310. The van der Waals surface area contributed by atoms with Crippen LogP contribution in [0.2, 0.25) is 0 Å². The van der Waals surface area contributed by atoms with Crippen LogP contribution < -0.4 is 0 Å². The van der Waals surface area contributed by atoms with Crippen molar-refractivity contribution in [2.45, 2.75) is 40.0 Å². The van der Waals surface area contributed by atoms with E-state index in [1.165, 1.54) is 29.7 Å². The lowest BCUT2D eigenvalue weighted by molar-refractivity contribution is 0.255. The van der Waals surface area contributed by atoms with E-state index in [2.05, 4.69) is 26.8 Å². The van der Waals surface area contributed by atoms with Gasteiger partial charge in [0.15, 0.2) is 0 Å². The molecule has 72 valence electrons. The summed E-state index contributed by atoms with van der Waals surface area (Å²) in [6, 6.07) is 0. The van der Waals surface area contributed by atoms with Gasteiger partial charge in [0.05, 0.1) is 6.61 Å². The topological polar surface area (TPSA) is 9.23 Å². The van der Waals surface area contributed by atoms with E-state index in [-0.39, 0.29) is 0 Å². The van der Waals surface area contributed by atoms with Crippen molar-refractivity contribution in [1.82, 2.24) is 0 Å². The van der Waals surface area contributed by atoms with E-state index >= 15 is 0 Å². The second-order valence-corrected chi connectivity index (χ2v) is 4.99. The third-order valence-corrected chi connectivity index (χ3v) is 2.97. The van der Waals surface area contributed by atoms with Gasteiger partial charge in [-0.25, -0.2) is 0 Å². The second kappa shape index (κ2) is 2.90. The highest BCUT2D eigenvalue weighted by Crippen LogP contribution is 2.38. The predicted molar refractivity (Wildman–Crippen MR) is 54.4 cm³/mol. The van der Waals surface area contributed by atoms with Crippen LogP contribution in [0.25, 0.3) is 0 Å². The molecule has 2 rings (SSSR count). The Hall–Kier alpha value is -0.720. The van der Waals surface area contributed by atoms with Gasteiger partial charge in [0, 0.05) is 6.42 Å². The van der Waals surface area contributed by atoms with Gasteiger partial charge < -0.3 is 4.74 Å². The van der Waals surface area contributed by atoms with Crippen LogP contribution in [0.1, 0.15) is 40.0 Å². The van der Waals surface area contributed by atoms with E-state index in [1.807, 2.05) is 0 Å². The van der Waals surface area contributed by atoms with E-state index in [0.29, 0.717) is 5.41 Å². The smallest absolute Gasteiger partial charge is 0.118 e. The van der Waals surface area contributed by atoms with E-state index in [9.17, 15) is 0 Å². The zero-order chi connectivity index (χ0) is 9.47. The van der Waals surface area contributed by atoms with Crippen molar-refractivity contribution >= 4 is 0 Å².